The van der Waals surface area contributed by atoms with E-state index in [0.29, 0.717) is 10.9 Å². The number of phenols is 1. The van der Waals surface area contributed by atoms with Crippen molar-refractivity contribution in [3.63, 3.8) is 0 Å². The van der Waals surface area contributed by atoms with Gasteiger partial charge in [-0.1, -0.05) is 12.1 Å². The smallest absolute Gasteiger partial charge is 0.337 e. The van der Waals surface area contributed by atoms with Gasteiger partial charge in [0, 0.05) is 28.6 Å². The molecule has 0 fully saturated rings. The van der Waals surface area contributed by atoms with Crippen LogP contribution in [0.15, 0.2) is 68.7 Å². The molecule has 0 saturated heterocycles. The van der Waals surface area contributed by atoms with Gasteiger partial charge in [0.15, 0.2) is 5.43 Å². The minimum absolute atomic E-state index is 0.00256. The largest absolute Gasteiger partial charge is 0.508 e. The Morgan fingerprint density at radius 1 is 0.966 bits per heavy atom. The van der Waals surface area contributed by atoms with E-state index in [1.165, 1.54) is 48.5 Å². The molecule has 2 aliphatic rings. The van der Waals surface area contributed by atoms with Crippen LogP contribution in [0.4, 0.5) is 0 Å². The van der Waals surface area contributed by atoms with Gasteiger partial charge in [-0.3, -0.25) is 9.35 Å². The van der Waals surface area contributed by atoms with E-state index in [2.05, 4.69) is 0 Å². The van der Waals surface area contributed by atoms with Crippen molar-refractivity contribution >= 4 is 27.1 Å². The van der Waals surface area contributed by atoms with E-state index in [1.54, 1.807) is 0 Å². The first-order chi connectivity index (χ1) is 13.7. The maximum Gasteiger partial charge on any atom is 0.337 e. The molecule has 8 nitrogen and oxygen atoms in total. The average Bonchev–Trinajstić information content (AvgIpc) is 2.64. The number of fused-ring (bicyclic) bond motifs is 2. The molecule has 0 aromatic heterocycles. The second kappa shape index (κ2) is 6.43. The molecule has 0 bridgehead atoms. The molecule has 1 heterocycles. The molecule has 1 aliphatic heterocycles. The number of hydrogen-bond donors (Lipinski definition) is 3. The van der Waals surface area contributed by atoms with E-state index in [9.17, 15) is 32.8 Å². The minimum Gasteiger partial charge on any atom is -0.508 e. The monoisotopic (exact) mass is 412 g/mol. The topological polar surface area (TPSA) is 142 Å². The van der Waals surface area contributed by atoms with Crippen molar-refractivity contribution < 1.29 is 32.4 Å². The number of carbonyl (C=O) groups is 1. The molecule has 0 amide bonds. The van der Waals surface area contributed by atoms with Gasteiger partial charge in [0.05, 0.1) is 5.56 Å². The van der Waals surface area contributed by atoms with Crippen LogP contribution in [-0.2, 0) is 10.1 Å². The van der Waals surface area contributed by atoms with Crippen LogP contribution < -0.4 is 5.43 Å². The molecule has 1 aliphatic carbocycles. The summed E-state index contributed by atoms with van der Waals surface area (Å²) in [4.78, 5) is 23.0. The predicted octanol–water partition coefficient (Wildman–Crippen LogP) is 3.22. The van der Waals surface area contributed by atoms with Crippen molar-refractivity contribution in [2.75, 3.05) is 0 Å². The van der Waals surface area contributed by atoms with E-state index >= 15 is 0 Å². The number of phenolic OH excluding ortho intramolecular Hbond substituents is 1. The zero-order valence-corrected chi connectivity index (χ0v) is 15.3. The normalized spacial score (nSPS) is 11.8. The average molecular weight is 412 g/mol. The lowest BCUT2D eigenvalue weighted by atomic mass is 9.91. The Labute approximate surface area is 163 Å². The van der Waals surface area contributed by atoms with Crippen LogP contribution in [0.1, 0.15) is 10.4 Å². The zero-order valence-electron chi connectivity index (χ0n) is 14.5. The van der Waals surface area contributed by atoms with Gasteiger partial charge in [-0.15, -0.1) is 0 Å². The Kier molecular flexibility index (Phi) is 4.14. The van der Waals surface area contributed by atoms with Crippen LogP contribution in [0.25, 0.3) is 33.4 Å². The lowest BCUT2D eigenvalue weighted by Gasteiger charge is -2.17. The molecule has 0 spiro atoms. The summed E-state index contributed by atoms with van der Waals surface area (Å²) in [6.45, 7) is 0. The summed E-state index contributed by atoms with van der Waals surface area (Å²) >= 11 is 0. The molecule has 0 radical (unpaired) electrons. The van der Waals surface area contributed by atoms with E-state index in [-0.39, 0.29) is 33.6 Å². The Morgan fingerprint density at radius 3 is 2.41 bits per heavy atom. The molecule has 0 saturated carbocycles. The Balaban J connectivity index is 2.25. The fraction of sp³-hybridized carbons (Fsp3) is 0. The van der Waals surface area contributed by atoms with Crippen LogP contribution in [-0.4, -0.2) is 29.2 Å². The molecule has 0 unspecified atom stereocenters. The van der Waals surface area contributed by atoms with Gasteiger partial charge in [-0.2, -0.15) is 8.42 Å². The van der Waals surface area contributed by atoms with Crippen LogP contribution in [0, 0.1) is 0 Å². The molecule has 4 rings (SSSR count). The molecule has 9 heteroatoms. The highest BCUT2D eigenvalue weighted by molar-refractivity contribution is 7.86. The third-order valence-electron chi connectivity index (χ3n) is 4.46. The van der Waals surface area contributed by atoms with Gasteiger partial charge >= 0.3 is 5.97 Å². The predicted molar refractivity (Wildman–Crippen MR) is 103 cm³/mol. The maximum atomic E-state index is 12.0. The Hall–Kier alpha value is -3.69. The van der Waals surface area contributed by atoms with Gasteiger partial charge in [0.2, 0.25) is 0 Å². The lowest BCUT2D eigenvalue weighted by Crippen LogP contribution is -2.10. The lowest BCUT2D eigenvalue weighted by molar-refractivity contribution is 0.0693. The van der Waals surface area contributed by atoms with Gasteiger partial charge in [0.1, 0.15) is 22.0 Å². The fourth-order valence-electron chi connectivity index (χ4n) is 3.32. The number of hydrogen-bond acceptors (Lipinski definition) is 6. The summed E-state index contributed by atoms with van der Waals surface area (Å²) in [5.41, 5.74) is -0.170. The van der Waals surface area contributed by atoms with Gasteiger partial charge in [-0.25, -0.2) is 4.79 Å². The highest BCUT2D eigenvalue weighted by atomic mass is 32.2. The number of carboxylic acids is 1. The number of rotatable bonds is 3. The van der Waals surface area contributed by atoms with E-state index in [0.717, 1.165) is 6.07 Å². The first-order valence-corrected chi connectivity index (χ1v) is 9.64. The summed E-state index contributed by atoms with van der Waals surface area (Å²) in [6.07, 6.45) is 0. The Bertz CT molecular complexity index is 1430. The first-order valence-electron chi connectivity index (χ1n) is 8.20. The standard InChI is InChI=1S/C20H12O8S/c21-10-4-6-12-15(8-10)28-16-9-11(22)5-7-13(16)18(12)14-2-1-3-17(29(25,26)27)19(14)20(23)24/h1-9,21H,(H,23,24)(H,25,26,27). The molecule has 2 aromatic carbocycles. The summed E-state index contributed by atoms with van der Waals surface area (Å²) in [7, 11) is -4.82. The van der Waals surface area contributed by atoms with Crippen molar-refractivity contribution in [2.24, 2.45) is 0 Å². The van der Waals surface area contributed by atoms with Gasteiger partial charge in [0.25, 0.3) is 10.1 Å². The van der Waals surface area contributed by atoms with E-state index in [4.69, 9.17) is 4.42 Å². The second-order valence-corrected chi connectivity index (χ2v) is 7.66. The van der Waals surface area contributed by atoms with Crippen molar-refractivity contribution in [3.8, 4) is 28.2 Å². The summed E-state index contributed by atoms with van der Waals surface area (Å²) in [6, 6.07) is 11.7. The van der Waals surface area contributed by atoms with Gasteiger partial charge < -0.3 is 14.6 Å². The third-order valence-corrected chi connectivity index (χ3v) is 5.36. The highest BCUT2D eigenvalue weighted by Crippen LogP contribution is 2.42. The highest BCUT2D eigenvalue weighted by Gasteiger charge is 2.27. The Morgan fingerprint density at radius 2 is 1.72 bits per heavy atom. The quantitative estimate of drug-likeness (QED) is 0.344. The molecular weight excluding hydrogens is 400 g/mol. The third kappa shape index (κ3) is 3.12. The summed E-state index contributed by atoms with van der Waals surface area (Å²) < 4.78 is 38.7. The van der Waals surface area contributed by atoms with Crippen LogP contribution in [0.3, 0.4) is 0 Å². The molecule has 0 atom stereocenters. The van der Waals surface area contributed by atoms with Crippen LogP contribution in [0.5, 0.6) is 5.75 Å². The number of benzene rings is 3. The number of aromatic hydroxyl groups is 1. The molecule has 2 aromatic rings. The van der Waals surface area contributed by atoms with Crippen LogP contribution >= 0.6 is 0 Å². The molecule has 146 valence electrons. The SMILES string of the molecule is O=C(O)c1c(-c2c3ccc(=O)cc-3oc3cc(O)ccc23)cccc1S(=O)(=O)O. The first kappa shape index (κ1) is 18.7. The fourth-order valence-corrected chi connectivity index (χ4v) is 4.03. The molecule has 29 heavy (non-hydrogen) atoms. The van der Waals surface area contributed by atoms with Crippen LogP contribution in [0.2, 0.25) is 0 Å². The summed E-state index contributed by atoms with van der Waals surface area (Å²) in [5, 5.41) is 19.9. The molecule has 3 N–H and O–H groups in total. The minimum atomic E-state index is -4.82. The maximum absolute atomic E-state index is 12.0. The van der Waals surface area contributed by atoms with Crippen molar-refractivity contribution in [1.82, 2.24) is 0 Å². The van der Waals surface area contributed by atoms with Crippen molar-refractivity contribution in [2.45, 2.75) is 4.90 Å². The summed E-state index contributed by atoms with van der Waals surface area (Å²) in [5.74, 6) is -1.55. The number of aromatic carboxylic acids is 1. The molecular formula is C20H12O8S. The second-order valence-electron chi connectivity index (χ2n) is 6.27. The van der Waals surface area contributed by atoms with E-state index < -0.39 is 26.5 Å². The van der Waals surface area contributed by atoms with Gasteiger partial charge in [-0.05, 0) is 35.9 Å². The zero-order chi connectivity index (χ0) is 20.9. The number of carboxylic acid groups (broad SMARTS) is 1. The van der Waals surface area contributed by atoms with Crippen molar-refractivity contribution in [3.05, 3.63) is 70.4 Å². The van der Waals surface area contributed by atoms with Crippen molar-refractivity contribution in [1.29, 1.82) is 0 Å². The van der Waals surface area contributed by atoms with E-state index in [1.807, 2.05) is 0 Å².